The van der Waals surface area contributed by atoms with E-state index in [2.05, 4.69) is 20.9 Å². The Balaban J connectivity index is 1.90. The first-order chi connectivity index (χ1) is 11.0. The minimum absolute atomic E-state index is 0.0103. The minimum Gasteiger partial charge on any atom is -0.369 e. The summed E-state index contributed by atoms with van der Waals surface area (Å²) >= 11 is 3.46. The lowest BCUT2D eigenvalue weighted by molar-refractivity contribution is -0.130. The lowest BCUT2D eigenvalue weighted by Gasteiger charge is -2.35. The topological polar surface area (TPSA) is 58.7 Å². The zero-order valence-electron chi connectivity index (χ0n) is 12.9. The van der Waals surface area contributed by atoms with Crippen molar-refractivity contribution < 1.29 is 4.79 Å². The maximum Gasteiger partial charge on any atom is 0.232 e. The van der Waals surface area contributed by atoms with Crippen molar-refractivity contribution in [2.75, 3.05) is 0 Å². The third-order valence-electron chi connectivity index (χ3n) is 4.06. The van der Waals surface area contributed by atoms with Gasteiger partial charge in [-0.05, 0) is 30.2 Å². The fourth-order valence-corrected chi connectivity index (χ4v) is 3.19. The zero-order chi connectivity index (χ0) is 16.4. The van der Waals surface area contributed by atoms with Gasteiger partial charge >= 0.3 is 0 Å². The highest BCUT2D eigenvalue weighted by molar-refractivity contribution is 9.10. The van der Waals surface area contributed by atoms with Crippen LogP contribution in [0.5, 0.6) is 0 Å². The van der Waals surface area contributed by atoms with Gasteiger partial charge < -0.3 is 5.73 Å². The van der Waals surface area contributed by atoms with Crippen molar-refractivity contribution in [2.24, 2.45) is 10.7 Å². The van der Waals surface area contributed by atoms with Crippen LogP contribution in [0.3, 0.4) is 0 Å². The summed E-state index contributed by atoms with van der Waals surface area (Å²) in [6, 6.07) is 17.6. The first-order valence-electron chi connectivity index (χ1n) is 7.44. The van der Waals surface area contributed by atoms with Crippen molar-refractivity contribution >= 4 is 27.8 Å². The Kier molecular flexibility index (Phi) is 4.22. The molecule has 1 aliphatic rings. The van der Waals surface area contributed by atoms with Gasteiger partial charge in [0.05, 0.1) is 18.5 Å². The van der Waals surface area contributed by atoms with E-state index in [1.165, 1.54) is 0 Å². The van der Waals surface area contributed by atoms with Crippen LogP contribution in [0.4, 0.5) is 0 Å². The average molecular weight is 372 g/mol. The Morgan fingerprint density at radius 1 is 1.22 bits per heavy atom. The van der Waals surface area contributed by atoms with Crippen molar-refractivity contribution in [1.29, 1.82) is 0 Å². The number of nitrogens with two attached hydrogens (primary N) is 1. The summed E-state index contributed by atoms with van der Waals surface area (Å²) in [5.41, 5.74) is 7.49. The molecule has 0 saturated heterocycles. The van der Waals surface area contributed by atoms with E-state index >= 15 is 0 Å². The number of rotatable bonds is 3. The smallest absolute Gasteiger partial charge is 0.232 e. The van der Waals surface area contributed by atoms with Crippen LogP contribution >= 0.6 is 15.9 Å². The number of halogens is 1. The Morgan fingerprint density at radius 2 is 1.96 bits per heavy atom. The van der Waals surface area contributed by atoms with Crippen LogP contribution in [0.2, 0.25) is 0 Å². The van der Waals surface area contributed by atoms with Crippen molar-refractivity contribution in [3.05, 3.63) is 70.2 Å². The van der Waals surface area contributed by atoms with E-state index in [1.807, 2.05) is 61.5 Å². The number of carbonyl (C=O) groups excluding carboxylic acids is 1. The van der Waals surface area contributed by atoms with Crippen LogP contribution < -0.4 is 5.73 Å². The van der Waals surface area contributed by atoms with E-state index in [9.17, 15) is 4.79 Å². The van der Waals surface area contributed by atoms with Gasteiger partial charge in [0.25, 0.3) is 0 Å². The van der Waals surface area contributed by atoms with Crippen molar-refractivity contribution in [3.8, 4) is 0 Å². The summed E-state index contributed by atoms with van der Waals surface area (Å²) in [5, 5.41) is 0. The maximum atomic E-state index is 12.6. The zero-order valence-corrected chi connectivity index (χ0v) is 14.5. The van der Waals surface area contributed by atoms with E-state index in [0.29, 0.717) is 13.0 Å². The molecular formula is C18H18BrN3O. The van der Waals surface area contributed by atoms with Crippen LogP contribution in [0.15, 0.2) is 64.1 Å². The average Bonchev–Trinajstić information content (AvgIpc) is 2.52. The fraction of sp³-hybridized carbons (Fsp3) is 0.222. The minimum atomic E-state index is -0.627. The second-order valence-corrected chi connectivity index (χ2v) is 6.81. The second-order valence-electron chi connectivity index (χ2n) is 5.90. The maximum absolute atomic E-state index is 12.6. The molecule has 2 aromatic carbocycles. The molecule has 0 spiro atoms. The molecule has 0 fully saturated rings. The van der Waals surface area contributed by atoms with E-state index in [-0.39, 0.29) is 11.9 Å². The monoisotopic (exact) mass is 371 g/mol. The lowest BCUT2D eigenvalue weighted by Crippen LogP contribution is -2.49. The van der Waals surface area contributed by atoms with Crippen LogP contribution in [-0.2, 0) is 16.9 Å². The number of hydrogen-bond donors (Lipinski definition) is 1. The molecule has 3 rings (SSSR count). The molecular weight excluding hydrogens is 354 g/mol. The molecule has 118 valence electrons. The summed E-state index contributed by atoms with van der Waals surface area (Å²) in [6.45, 7) is 2.39. The van der Waals surface area contributed by atoms with E-state index in [1.54, 1.807) is 4.90 Å². The largest absolute Gasteiger partial charge is 0.369 e. The van der Waals surface area contributed by atoms with Crippen molar-refractivity contribution in [2.45, 2.75) is 25.4 Å². The van der Waals surface area contributed by atoms with Gasteiger partial charge in [0.1, 0.15) is 0 Å². The molecule has 1 amide bonds. The predicted octanol–water partition coefficient (Wildman–Crippen LogP) is 3.41. The molecule has 1 aliphatic heterocycles. The standard InChI is InChI=1S/C18H18BrN3O/c1-18(14-8-5-9-15(19)10-14)11-16(23)22(17(20)21-18)12-13-6-3-2-4-7-13/h2-10H,11-12H2,1H3,(H2,20,21). The third-order valence-corrected chi connectivity index (χ3v) is 4.56. The molecule has 0 saturated carbocycles. The normalized spacial score (nSPS) is 21.2. The quantitative estimate of drug-likeness (QED) is 0.898. The van der Waals surface area contributed by atoms with Crippen molar-refractivity contribution in [3.63, 3.8) is 0 Å². The molecule has 0 bridgehead atoms. The van der Waals surface area contributed by atoms with E-state index < -0.39 is 5.54 Å². The molecule has 0 aliphatic carbocycles. The van der Waals surface area contributed by atoms with Gasteiger partial charge in [0.15, 0.2) is 5.96 Å². The summed E-state index contributed by atoms with van der Waals surface area (Å²) in [7, 11) is 0. The summed E-state index contributed by atoms with van der Waals surface area (Å²) < 4.78 is 0.962. The highest BCUT2D eigenvalue weighted by Gasteiger charge is 2.37. The number of benzene rings is 2. The highest BCUT2D eigenvalue weighted by Crippen LogP contribution is 2.34. The molecule has 23 heavy (non-hydrogen) atoms. The van der Waals surface area contributed by atoms with Crippen LogP contribution in [-0.4, -0.2) is 16.8 Å². The second kappa shape index (κ2) is 6.16. The van der Waals surface area contributed by atoms with Crippen molar-refractivity contribution in [1.82, 2.24) is 4.90 Å². The number of aliphatic imine (C=N–C) groups is 1. The van der Waals surface area contributed by atoms with Gasteiger partial charge in [-0.2, -0.15) is 0 Å². The number of guanidine groups is 1. The molecule has 5 heteroatoms. The first-order valence-corrected chi connectivity index (χ1v) is 8.23. The summed E-state index contributed by atoms with van der Waals surface area (Å²) in [5.74, 6) is 0.261. The highest BCUT2D eigenvalue weighted by atomic mass is 79.9. The van der Waals surface area contributed by atoms with Gasteiger partial charge in [-0.1, -0.05) is 58.4 Å². The van der Waals surface area contributed by atoms with Gasteiger partial charge in [-0.3, -0.25) is 9.69 Å². The SMILES string of the molecule is CC1(c2cccc(Br)c2)CC(=O)N(Cc2ccccc2)C(N)=N1. The predicted molar refractivity (Wildman–Crippen MR) is 94.7 cm³/mol. The molecule has 1 unspecified atom stereocenters. The Bertz CT molecular complexity index is 760. The molecule has 2 aromatic rings. The first kappa shape index (κ1) is 15.7. The van der Waals surface area contributed by atoms with Gasteiger partial charge in [0, 0.05) is 4.47 Å². The summed E-state index contributed by atoms with van der Waals surface area (Å²) in [4.78, 5) is 18.8. The van der Waals surface area contributed by atoms with E-state index in [0.717, 1.165) is 15.6 Å². The Labute approximate surface area is 144 Å². The van der Waals surface area contributed by atoms with Crippen LogP contribution in [0.1, 0.15) is 24.5 Å². The third kappa shape index (κ3) is 3.29. The van der Waals surface area contributed by atoms with Crippen LogP contribution in [0.25, 0.3) is 0 Å². The number of nitrogens with zero attached hydrogens (tertiary/aromatic N) is 2. The molecule has 1 atom stereocenters. The molecule has 0 aromatic heterocycles. The molecule has 0 radical (unpaired) electrons. The molecule has 2 N–H and O–H groups in total. The number of carbonyl (C=O) groups is 1. The number of hydrogen-bond acceptors (Lipinski definition) is 3. The molecule has 4 nitrogen and oxygen atoms in total. The van der Waals surface area contributed by atoms with Gasteiger partial charge in [0.2, 0.25) is 5.91 Å². The molecule has 1 heterocycles. The lowest BCUT2D eigenvalue weighted by atomic mass is 9.87. The van der Waals surface area contributed by atoms with Gasteiger partial charge in [-0.15, -0.1) is 0 Å². The summed E-state index contributed by atoms with van der Waals surface area (Å²) in [6.07, 6.45) is 0.303. The Morgan fingerprint density at radius 3 is 2.61 bits per heavy atom. The number of amides is 1. The fourth-order valence-electron chi connectivity index (χ4n) is 2.80. The Hall–Kier alpha value is -2.14. The van der Waals surface area contributed by atoms with E-state index in [4.69, 9.17) is 5.73 Å². The van der Waals surface area contributed by atoms with Gasteiger partial charge in [-0.25, -0.2) is 4.99 Å². The van der Waals surface area contributed by atoms with Crippen LogP contribution in [0, 0.1) is 0 Å².